The SMILES string of the molecule is CCC1(CNC(=O)C2COCCN2)CCC1.Cl. The number of carbonyl (C=O) groups excluding carboxylic acids is 1. The van der Waals surface area contributed by atoms with E-state index in [1.807, 2.05) is 0 Å². The van der Waals surface area contributed by atoms with Crippen LogP contribution in [0.4, 0.5) is 0 Å². The Bertz CT molecular complexity index is 245. The summed E-state index contributed by atoms with van der Waals surface area (Å²) in [6.07, 6.45) is 5.01. The molecule has 0 bridgehead atoms. The highest BCUT2D eigenvalue weighted by molar-refractivity contribution is 5.85. The van der Waals surface area contributed by atoms with Gasteiger partial charge in [0.05, 0.1) is 13.2 Å². The largest absolute Gasteiger partial charge is 0.378 e. The molecule has 1 aliphatic heterocycles. The Labute approximate surface area is 109 Å². The van der Waals surface area contributed by atoms with Crippen LogP contribution in [0.3, 0.4) is 0 Å². The van der Waals surface area contributed by atoms with Gasteiger partial charge >= 0.3 is 0 Å². The Hall–Kier alpha value is -0.320. The highest BCUT2D eigenvalue weighted by atomic mass is 35.5. The average molecular weight is 263 g/mol. The highest BCUT2D eigenvalue weighted by Crippen LogP contribution is 2.42. The molecule has 0 radical (unpaired) electrons. The van der Waals surface area contributed by atoms with E-state index in [1.54, 1.807) is 0 Å². The molecule has 1 aliphatic carbocycles. The summed E-state index contributed by atoms with van der Waals surface area (Å²) < 4.78 is 5.28. The van der Waals surface area contributed by atoms with Crippen molar-refractivity contribution in [2.24, 2.45) is 5.41 Å². The van der Waals surface area contributed by atoms with E-state index >= 15 is 0 Å². The van der Waals surface area contributed by atoms with Crippen LogP contribution in [0.2, 0.25) is 0 Å². The van der Waals surface area contributed by atoms with Gasteiger partial charge in [-0.2, -0.15) is 0 Å². The third-order valence-corrected chi connectivity index (χ3v) is 4.04. The average Bonchev–Trinajstić information content (AvgIpc) is 2.29. The minimum Gasteiger partial charge on any atom is -0.378 e. The normalized spacial score (nSPS) is 26.5. The van der Waals surface area contributed by atoms with Crippen LogP contribution in [-0.2, 0) is 9.53 Å². The zero-order valence-corrected chi connectivity index (χ0v) is 11.3. The van der Waals surface area contributed by atoms with Crippen LogP contribution in [0.1, 0.15) is 32.6 Å². The molecule has 1 heterocycles. The van der Waals surface area contributed by atoms with Crippen molar-refractivity contribution in [3.63, 3.8) is 0 Å². The number of rotatable bonds is 4. The van der Waals surface area contributed by atoms with Gasteiger partial charge in [0.1, 0.15) is 6.04 Å². The van der Waals surface area contributed by atoms with Gasteiger partial charge in [-0.1, -0.05) is 13.3 Å². The van der Waals surface area contributed by atoms with Crippen molar-refractivity contribution in [2.45, 2.75) is 38.6 Å². The van der Waals surface area contributed by atoms with E-state index < -0.39 is 0 Å². The van der Waals surface area contributed by atoms with E-state index in [-0.39, 0.29) is 24.4 Å². The fourth-order valence-corrected chi connectivity index (χ4v) is 2.46. The van der Waals surface area contributed by atoms with Crippen LogP contribution in [0.25, 0.3) is 0 Å². The Morgan fingerprint density at radius 1 is 1.53 bits per heavy atom. The summed E-state index contributed by atoms with van der Waals surface area (Å²) >= 11 is 0. The van der Waals surface area contributed by atoms with E-state index in [2.05, 4.69) is 17.6 Å². The number of carbonyl (C=O) groups is 1. The van der Waals surface area contributed by atoms with Gasteiger partial charge in [-0.15, -0.1) is 12.4 Å². The summed E-state index contributed by atoms with van der Waals surface area (Å²) in [5.41, 5.74) is 0.394. The molecule has 1 saturated carbocycles. The monoisotopic (exact) mass is 262 g/mol. The molecule has 2 fully saturated rings. The molecule has 2 N–H and O–H groups in total. The zero-order chi connectivity index (χ0) is 11.4. The van der Waals surface area contributed by atoms with Gasteiger partial charge < -0.3 is 15.4 Å². The standard InChI is InChI=1S/C12H22N2O2.ClH/c1-2-12(4-3-5-12)9-14-11(15)10-8-16-7-6-13-10;/h10,13H,2-9H2,1H3,(H,14,15);1H. The Balaban J connectivity index is 0.00000144. The van der Waals surface area contributed by atoms with Crippen molar-refractivity contribution in [3.8, 4) is 0 Å². The predicted octanol–water partition coefficient (Wildman–Crippen LogP) is 1.09. The van der Waals surface area contributed by atoms with Crippen molar-refractivity contribution >= 4 is 18.3 Å². The molecule has 0 spiro atoms. The quantitative estimate of drug-likeness (QED) is 0.798. The molecule has 1 atom stereocenters. The molecule has 17 heavy (non-hydrogen) atoms. The number of morpholine rings is 1. The summed E-state index contributed by atoms with van der Waals surface area (Å²) in [6.45, 7) is 5.04. The molecular formula is C12H23ClN2O2. The zero-order valence-electron chi connectivity index (χ0n) is 10.5. The molecule has 0 aromatic heterocycles. The van der Waals surface area contributed by atoms with E-state index in [1.165, 1.54) is 25.7 Å². The first-order chi connectivity index (χ1) is 7.76. The van der Waals surface area contributed by atoms with E-state index in [9.17, 15) is 4.79 Å². The Morgan fingerprint density at radius 3 is 2.76 bits per heavy atom. The minimum atomic E-state index is -0.150. The third-order valence-electron chi connectivity index (χ3n) is 4.04. The second kappa shape index (κ2) is 6.57. The lowest BCUT2D eigenvalue weighted by atomic mass is 9.67. The number of hydrogen-bond acceptors (Lipinski definition) is 3. The lowest BCUT2D eigenvalue weighted by Crippen LogP contribution is -2.53. The van der Waals surface area contributed by atoms with Gasteiger partial charge in [-0.05, 0) is 24.7 Å². The second-order valence-corrected chi connectivity index (χ2v) is 5.01. The first-order valence-electron chi connectivity index (χ1n) is 6.35. The van der Waals surface area contributed by atoms with Crippen LogP contribution < -0.4 is 10.6 Å². The van der Waals surface area contributed by atoms with Crippen LogP contribution in [-0.4, -0.2) is 38.3 Å². The third kappa shape index (κ3) is 3.57. The van der Waals surface area contributed by atoms with Crippen LogP contribution in [0.5, 0.6) is 0 Å². The van der Waals surface area contributed by atoms with Gasteiger partial charge in [0, 0.05) is 13.1 Å². The van der Waals surface area contributed by atoms with Crippen molar-refractivity contribution in [3.05, 3.63) is 0 Å². The van der Waals surface area contributed by atoms with Gasteiger partial charge in [-0.3, -0.25) is 4.79 Å². The summed E-state index contributed by atoms with van der Waals surface area (Å²) in [5, 5.41) is 6.24. The Morgan fingerprint density at radius 2 is 2.29 bits per heavy atom. The molecule has 2 aliphatic rings. The molecule has 1 unspecified atom stereocenters. The van der Waals surface area contributed by atoms with E-state index in [0.29, 0.717) is 18.6 Å². The fraction of sp³-hybridized carbons (Fsp3) is 0.917. The summed E-state index contributed by atoms with van der Waals surface area (Å²) in [7, 11) is 0. The fourth-order valence-electron chi connectivity index (χ4n) is 2.46. The van der Waals surface area contributed by atoms with E-state index in [0.717, 1.165) is 13.1 Å². The minimum absolute atomic E-state index is 0. The van der Waals surface area contributed by atoms with Gasteiger partial charge in [-0.25, -0.2) is 0 Å². The first kappa shape index (κ1) is 14.7. The van der Waals surface area contributed by atoms with Crippen molar-refractivity contribution in [1.82, 2.24) is 10.6 Å². The lowest BCUT2D eigenvalue weighted by molar-refractivity contribution is -0.126. The van der Waals surface area contributed by atoms with Crippen LogP contribution in [0.15, 0.2) is 0 Å². The van der Waals surface area contributed by atoms with Crippen LogP contribution in [0, 0.1) is 5.41 Å². The maximum absolute atomic E-state index is 11.8. The van der Waals surface area contributed by atoms with Gasteiger partial charge in [0.2, 0.25) is 5.91 Å². The number of hydrogen-bond donors (Lipinski definition) is 2. The maximum atomic E-state index is 11.8. The summed E-state index contributed by atoms with van der Waals surface area (Å²) in [4.78, 5) is 11.8. The summed E-state index contributed by atoms with van der Waals surface area (Å²) in [6, 6.07) is -0.150. The number of amides is 1. The molecule has 2 rings (SSSR count). The second-order valence-electron chi connectivity index (χ2n) is 5.01. The van der Waals surface area contributed by atoms with Crippen LogP contribution >= 0.6 is 12.4 Å². The number of ether oxygens (including phenoxy) is 1. The van der Waals surface area contributed by atoms with Crippen molar-refractivity contribution < 1.29 is 9.53 Å². The molecule has 5 heteroatoms. The molecule has 100 valence electrons. The number of halogens is 1. The molecule has 1 amide bonds. The van der Waals surface area contributed by atoms with Gasteiger partial charge in [0.15, 0.2) is 0 Å². The van der Waals surface area contributed by atoms with Crippen molar-refractivity contribution in [1.29, 1.82) is 0 Å². The molecule has 1 saturated heterocycles. The molecule has 4 nitrogen and oxygen atoms in total. The van der Waals surface area contributed by atoms with Crippen molar-refractivity contribution in [2.75, 3.05) is 26.3 Å². The summed E-state index contributed by atoms with van der Waals surface area (Å²) in [5.74, 6) is 0.0967. The topological polar surface area (TPSA) is 50.4 Å². The maximum Gasteiger partial charge on any atom is 0.239 e. The molecular weight excluding hydrogens is 240 g/mol. The Kier molecular flexibility index (Phi) is 5.70. The first-order valence-corrected chi connectivity index (χ1v) is 6.35. The number of nitrogens with one attached hydrogen (secondary N) is 2. The lowest BCUT2D eigenvalue weighted by Gasteiger charge is -2.41. The highest BCUT2D eigenvalue weighted by Gasteiger charge is 2.35. The molecule has 0 aromatic rings. The van der Waals surface area contributed by atoms with Gasteiger partial charge in [0.25, 0.3) is 0 Å². The smallest absolute Gasteiger partial charge is 0.239 e. The molecule has 0 aromatic carbocycles. The van der Waals surface area contributed by atoms with E-state index in [4.69, 9.17) is 4.74 Å². The predicted molar refractivity (Wildman–Crippen MR) is 69.4 cm³/mol.